The lowest BCUT2D eigenvalue weighted by Gasteiger charge is -2.13. The van der Waals surface area contributed by atoms with Crippen LogP contribution in [0.4, 0.5) is 0 Å². The van der Waals surface area contributed by atoms with E-state index in [-0.39, 0.29) is 5.15 Å². The maximum atomic E-state index is 12.1. The Labute approximate surface area is 133 Å². The average Bonchev–Trinajstić information content (AvgIpc) is 2.54. The molecule has 2 rings (SSSR count). The van der Waals surface area contributed by atoms with Crippen molar-refractivity contribution in [2.75, 3.05) is 20.8 Å². The van der Waals surface area contributed by atoms with Crippen molar-refractivity contribution >= 4 is 17.6 Å². The summed E-state index contributed by atoms with van der Waals surface area (Å²) in [6.45, 7) is 2.27. The van der Waals surface area contributed by atoms with Crippen LogP contribution in [0.1, 0.15) is 17.3 Å². The first-order valence-corrected chi connectivity index (χ1v) is 6.89. The van der Waals surface area contributed by atoms with Gasteiger partial charge in [-0.2, -0.15) is 0 Å². The third kappa shape index (κ3) is 3.28. The van der Waals surface area contributed by atoms with Crippen molar-refractivity contribution in [3.05, 3.63) is 35.2 Å². The van der Waals surface area contributed by atoms with Crippen molar-refractivity contribution in [1.29, 1.82) is 0 Å². The second kappa shape index (κ2) is 7.09. The molecule has 0 aromatic carbocycles. The standard InChI is InChI=1S/C15H15ClN2O4/c1-4-22-14-6-10(15(19)21-3)11(7-18-14)9-5-13(16)17-8-12(9)20-2/h5-8H,4H2,1-3H3. The summed E-state index contributed by atoms with van der Waals surface area (Å²) in [7, 11) is 2.82. The average molecular weight is 323 g/mol. The van der Waals surface area contributed by atoms with Gasteiger partial charge in [-0.25, -0.2) is 14.8 Å². The van der Waals surface area contributed by atoms with Crippen molar-refractivity contribution in [3.63, 3.8) is 0 Å². The molecule has 0 spiro atoms. The van der Waals surface area contributed by atoms with Gasteiger partial charge >= 0.3 is 5.97 Å². The lowest BCUT2D eigenvalue weighted by molar-refractivity contribution is 0.0601. The SMILES string of the molecule is CCOc1cc(C(=O)OC)c(-c2cc(Cl)ncc2OC)cn1. The minimum atomic E-state index is -0.506. The normalized spacial score (nSPS) is 10.2. The summed E-state index contributed by atoms with van der Waals surface area (Å²) in [5.74, 6) is 0.305. The lowest BCUT2D eigenvalue weighted by Crippen LogP contribution is -2.06. The number of hydrogen-bond acceptors (Lipinski definition) is 6. The number of hydrogen-bond donors (Lipinski definition) is 0. The lowest BCUT2D eigenvalue weighted by atomic mass is 10.0. The van der Waals surface area contributed by atoms with E-state index in [1.54, 1.807) is 6.07 Å². The summed E-state index contributed by atoms with van der Waals surface area (Å²) >= 11 is 5.94. The zero-order valence-corrected chi connectivity index (χ0v) is 13.2. The molecule has 0 unspecified atom stereocenters. The molecule has 7 heteroatoms. The predicted octanol–water partition coefficient (Wildman–Crippen LogP) is 2.99. The Bertz CT molecular complexity index is 691. The zero-order chi connectivity index (χ0) is 16.1. The van der Waals surface area contributed by atoms with Crippen molar-refractivity contribution in [2.45, 2.75) is 6.92 Å². The Kier molecular flexibility index (Phi) is 5.16. The first kappa shape index (κ1) is 16.0. The van der Waals surface area contributed by atoms with Gasteiger partial charge in [0.2, 0.25) is 5.88 Å². The molecule has 6 nitrogen and oxygen atoms in total. The number of methoxy groups -OCH3 is 2. The number of nitrogens with zero attached hydrogens (tertiary/aromatic N) is 2. The Morgan fingerprint density at radius 2 is 1.95 bits per heavy atom. The van der Waals surface area contributed by atoms with Crippen LogP contribution in [0.2, 0.25) is 5.15 Å². The molecule has 0 bridgehead atoms. The highest BCUT2D eigenvalue weighted by atomic mass is 35.5. The molecule has 0 radical (unpaired) electrons. The quantitative estimate of drug-likeness (QED) is 0.622. The number of aromatic nitrogens is 2. The van der Waals surface area contributed by atoms with Crippen LogP contribution in [0, 0.1) is 0 Å². The maximum Gasteiger partial charge on any atom is 0.338 e. The molecular formula is C15H15ClN2O4. The summed E-state index contributed by atoms with van der Waals surface area (Å²) in [6, 6.07) is 3.13. The van der Waals surface area contributed by atoms with Crippen molar-refractivity contribution < 1.29 is 19.0 Å². The summed E-state index contributed by atoms with van der Waals surface area (Å²) in [5, 5.41) is 0.278. The van der Waals surface area contributed by atoms with Crippen LogP contribution in [0.15, 0.2) is 24.5 Å². The number of halogens is 1. The molecule has 0 aliphatic rings. The molecule has 0 amide bonds. The summed E-state index contributed by atoms with van der Waals surface area (Å²) in [5.41, 5.74) is 1.43. The minimum Gasteiger partial charge on any atom is -0.494 e. The first-order valence-electron chi connectivity index (χ1n) is 6.51. The Hall–Kier alpha value is -2.34. The van der Waals surface area contributed by atoms with Gasteiger partial charge in [0.1, 0.15) is 10.9 Å². The molecule has 0 aliphatic heterocycles. The second-order valence-electron chi connectivity index (χ2n) is 4.20. The van der Waals surface area contributed by atoms with Gasteiger partial charge in [0, 0.05) is 23.4 Å². The molecule has 0 saturated heterocycles. The zero-order valence-electron chi connectivity index (χ0n) is 12.4. The number of pyridine rings is 2. The summed E-state index contributed by atoms with van der Waals surface area (Å²) < 4.78 is 15.4. The van der Waals surface area contributed by atoms with E-state index in [2.05, 4.69) is 9.97 Å². The van der Waals surface area contributed by atoms with E-state index >= 15 is 0 Å². The van der Waals surface area contributed by atoms with Gasteiger partial charge in [0.25, 0.3) is 0 Å². The van der Waals surface area contributed by atoms with E-state index in [9.17, 15) is 4.79 Å². The Balaban J connectivity index is 2.64. The third-order valence-electron chi connectivity index (χ3n) is 2.92. The molecule has 2 heterocycles. The highest BCUT2D eigenvalue weighted by Crippen LogP contribution is 2.34. The highest BCUT2D eigenvalue weighted by Gasteiger charge is 2.19. The van der Waals surface area contributed by atoms with Gasteiger partial charge in [0.05, 0.1) is 32.6 Å². The van der Waals surface area contributed by atoms with Gasteiger partial charge in [-0.15, -0.1) is 0 Å². The van der Waals surface area contributed by atoms with Gasteiger partial charge in [-0.05, 0) is 13.0 Å². The van der Waals surface area contributed by atoms with E-state index in [0.717, 1.165) is 0 Å². The first-order chi connectivity index (χ1) is 10.6. The van der Waals surface area contributed by atoms with E-state index in [4.69, 9.17) is 25.8 Å². The fraction of sp³-hybridized carbons (Fsp3) is 0.267. The number of rotatable bonds is 5. The van der Waals surface area contributed by atoms with Crippen LogP contribution >= 0.6 is 11.6 Å². The van der Waals surface area contributed by atoms with Crippen LogP contribution in [-0.2, 0) is 4.74 Å². The van der Waals surface area contributed by atoms with Crippen molar-refractivity contribution in [3.8, 4) is 22.8 Å². The molecule has 0 atom stereocenters. The number of carbonyl (C=O) groups excluding carboxylic acids is 1. The van der Waals surface area contributed by atoms with Crippen LogP contribution in [0.25, 0.3) is 11.1 Å². The van der Waals surface area contributed by atoms with Crippen LogP contribution in [0.5, 0.6) is 11.6 Å². The van der Waals surface area contributed by atoms with E-state index < -0.39 is 5.97 Å². The Morgan fingerprint density at radius 3 is 2.59 bits per heavy atom. The van der Waals surface area contributed by atoms with E-state index in [1.807, 2.05) is 6.92 Å². The third-order valence-corrected chi connectivity index (χ3v) is 3.13. The molecule has 22 heavy (non-hydrogen) atoms. The molecule has 2 aromatic rings. The molecular weight excluding hydrogens is 308 g/mol. The monoisotopic (exact) mass is 322 g/mol. The molecule has 0 aliphatic carbocycles. The van der Waals surface area contributed by atoms with Gasteiger partial charge < -0.3 is 14.2 Å². The van der Waals surface area contributed by atoms with Gasteiger partial charge in [-0.3, -0.25) is 0 Å². The van der Waals surface area contributed by atoms with Crippen LogP contribution < -0.4 is 9.47 Å². The van der Waals surface area contributed by atoms with E-state index in [0.29, 0.717) is 34.9 Å². The largest absolute Gasteiger partial charge is 0.494 e. The second-order valence-corrected chi connectivity index (χ2v) is 4.59. The number of carbonyl (C=O) groups is 1. The molecule has 2 aromatic heterocycles. The molecule has 0 N–H and O–H groups in total. The van der Waals surface area contributed by atoms with Gasteiger partial charge in [-0.1, -0.05) is 11.6 Å². The molecule has 0 saturated carbocycles. The smallest absolute Gasteiger partial charge is 0.338 e. The molecule has 116 valence electrons. The fourth-order valence-electron chi connectivity index (χ4n) is 1.95. The Morgan fingerprint density at radius 1 is 1.18 bits per heavy atom. The van der Waals surface area contributed by atoms with Crippen LogP contribution in [0.3, 0.4) is 0 Å². The van der Waals surface area contributed by atoms with Crippen LogP contribution in [-0.4, -0.2) is 36.8 Å². The van der Waals surface area contributed by atoms with Gasteiger partial charge in [0.15, 0.2) is 0 Å². The van der Waals surface area contributed by atoms with Crippen molar-refractivity contribution in [2.24, 2.45) is 0 Å². The number of ether oxygens (including phenoxy) is 3. The fourth-order valence-corrected chi connectivity index (χ4v) is 2.10. The summed E-state index contributed by atoms with van der Waals surface area (Å²) in [6.07, 6.45) is 3.00. The highest BCUT2D eigenvalue weighted by molar-refractivity contribution is 6.29. The van der Waals surface area contributed by atoms with E-state index in [1.165, 1.54) is 32.7 Å². The number of esters is 1. The predicted molar refractivity (Wildman–Crippen MR) is 81.5 cm³/mol. The summed E-state index contributed by atoms with van der Waals surface area (Å²) in [4.78, 5) is 20.2. The van der Waals surface area contributed by atoms with Crippen molar-refractivity contribution in [1.82, 2.24) is 9.97 Å². The topological polar surface area (TPSA) is 70.5 Å². The molecule has 0 fully saturated rings. The maximum absolute atomic E-state index is 12.1. The minimum absolute atomic E-state index is 0.278.